The molecule has 1 fully saturated rings. The van der Waals surface area contributed by atoms with Gasteiger partial charge in [-0.3, -0.25) is 0 Å². The summed E-state index contributed by atoms with van der Waals surface area (Å²) < 4.78 is 17.8. The van der Waals surface area contributed by atoms with Crippen molar-refractivity contribution in [3.63, 3.8) is 0 Å². The molecule has 2 unspecified atom stereocenters. The van der Waals surface area contributed by atoms with E-state index in [0.29, 0.717) is 0 Å². The summed E-state index contributed by atoms with van der Waals surface area (Å²) in [5.74, 6) is 0. The molecule has 0 aromatic carbocycles. The van der Waals surface area contributed by atoms with Gasteiger partial charge in [-0.05, 0) is 53.4 Å². The lowest BCUT2D eigenvalue weighted by Gasteiger charge is -2.32. The molecule has 0 spiro atoms. The van der Waals surface area contributed by atoms with Crippen LogP contribution in [0.3, 0.4) is 0 Å². The molecular weight excluding hydrogens is 215 g/mol. The third-order valence-electron chi connectivity index (χ3n) is 3.97. The highest BCUT2D eigenvalue weighted by atomic mass is 16.7. The minimum atomic E-state index is -0.261. The summed E-state index contributed by atoms with van der Waals surface area (Å²) in [5.41, 5.74) is 0.696. The summed E-state index contributed by atoms with van der Waals surface area (Å²) in [5, 5.41) is 0. The second-order valence-corrected chi connectivity index (χ2v) is 6.19. The van der Waals surface area contributed by atoms with Crippen LogP contribution in [0.25, 0.3) is 0 Å². The van der Waals surface area contributed by atoms with E-state index in [1.54, 1.807) is 0 Å². The molecule has 3 nitrogen and oxygen atoms in total. The standard InChI is InChI=1S/C13H23BO3/c1-9-7-11(8-10(2)15-9)14-16-12(3,4)13(5,6)17-14/h7,9-10H,8H2,1-6H3. The third-order valence-corrected chi connectivity index (χ3v) is 3.97. The quantitative estimate of drug-likeness (QED) is 0.657. The monoisotopic (exact) mass is 238 g/mol. The molecule has 0 saturated carbocycles. The first-order valence-corrected chi connectivity index (χ1v) is 6.43. The van der Waals surface area contributed by atoms with Crippen molar-refractivity contribution in [2.75, 3.05) is 0 Å². The highest BCUT2D eigenvalue weighted by Gasteiger charge is 2.52. The van der Waals surface area contributed by atoms with Crippen LogP contribution in [0.4, 0.5) is 0 Å². The van der Waals surface area contributed by atoms with Crippen LogP contribution in [0.15, 0.2) is 11.5 Å². The molecule has 0 bridgehead atoms. The van der Waals surface area contributed by atoms with Crippen molar-refractivity contribution in [3.8, 4) is 0 Å². The van der Waals surface area contributed by atoms with E-state index >= 15 is 0 Å². The van der Waals surface area contributed by atoms with Crippen LogP contribution < -0.4 is 0 Å². The van der Waals surface area contributed by atoms with Gasteiger partial charge in [0.1, 0.15) is 0 Å². The number of hydrogen-bond acceptors (Lipinski definition) is 3. The van der Waals surface area contributed by atoms with Gasteiger partial charge in [-0.1, -0.05) is 6.08 Å². The van der Waals surface area contributed by atoms with Crippen LogP contribution in [0.5, 0.6) is 0 Å². The third kappa shape index (κ3) is 2.44. The summed E-state index contributed by atoms with van der Waals surface area (Å²) in [4.78, 5) is 0. The maximum Gasteiger partial charge on any atom is 0.490 e. The van der Waals surface area contributed by atoms with Crippen LogP contribution in [0.1, 0.15) is 48.0 Å². The van der Waals surface area contributed by atoms with Gasteiger partial charge in [-0.2, -0.15) is 0 Å². The maximum absolute atomic E-state index is 6.05. The molecule has 0 N–H and O–H groups in total. The normalized spacial score (nSPS) is 35.9. The van der Waals surface area contributed by atoms with Crippen molar-refractivity contribution >= 4 is 7.12 Å². The van der Waals surface area contributed by atoms with E-state index in [4.69, 9.17) is 14.0 Å². The van der Waals surface area contributed by atoms with E-state index in [1.807, 2.05) is 0 Å². The molecule has 2 aliphatic rings. The molecule has 0 aromatic heterocycles. The van der Waals surface area contributed by atoms with Gasteiger partial charge >= 0.3 is 7.12 Å². The fourth-order valence-corrected chi connectivity index (χ4v) is 2.32. The molecule has 96 valence electrons. The summed E-state index contributed by atoms with van der Waals surface area (Å²) in [6, 6.07) is 0. The maximum atomic E-state index is 6.05. The lowest BCUT2D eigenvalue weighted by Crippen LogP contribution is -2.41. The van der Waals surface area contributed by atoms with E-state index in [0.717, 1.165) is 6.42 Å². The Balaban J connectivity index is 2.16. The first-order chi connectivity index (χ1) is 7.71. The fourth-order valence-electron chi connectivity index (χ4n) is 2.32. The van der Waals surface area contributed by atoms with Crippen LogP contribution in [0, 0.1) is 0 Å². The molecule has 2 aliphatic heterocycles. The van der Waals surface area contributed by atoms with E-state index in [-0.39, 0.29) is 30.5 Å². The molecule has 17 heavy (non-hydrogen) atoms. The average Bonchev–Trinajstić information content (AvgIpc) is 2.34. The van der Waals surface area contributed by atoms with Gasteiger partial charge in [0.2, 0.25) is 0 Å². The minimum absolute atomic E-state index is 0.146. The van der Waals surface area contributed by atoms with E-state index in [2.05, 4.69) is 47.6 Å². The second kappa shape index (κ2) is 4.11. The van der Waals surface area contributed by atoms with E-state index < -0.39 is 0 Å². The molecular formula is C13H23BO3. The Labute approximate surface area is 105 Å². The number of ether oxygens (including phenoxy) is 1. The van der Waals surface area contributed by atoms with Gasteiger partial charge in [-0.25, -0.2) is 0 Å². The van der Waals surface area contributed by atoms with Gasteiger partial charge in [0, 0.05) is 0 Å². The Morgan fingerprint density at radius 3 is 2.12 bits per heavy atom. The molecule has 2 rings (SSSR count). The van der Waals surface area contributed by atoms with Crippen LogP contribution in [-0.2, 0) is 14.0 Å². The van der Waals surface area contributed by atoms with Crippen molar-refractivity contribution < 1.29 is 14.0 Å². The SMILES string of the molecule is CC1C=C(B2OC(C)(C)C(C)(C)O2)CC(C)O1. The van der Waals surface area contributed by atoms with Crippen molar-refractivity contribution in [2.45, 2.75) is 71.4 Å². The Morgan fingerprint density at radius 1 is 1.12 bits per heavy atom. The van der Waals surface area contributed by atoms with Crippen molar-refractivity contribution in [3.05, 3.63) is 11.5 Å². The van der Waals surface area contributed by atoms with Gasteiger partial charge < -0.3 is 14.0 Å². The van der Waals surface area contributed by atoms with E-state index in [1.165, 1.54) is 5.47 Å². The van der Waals surface area contributed by atoms with Crippen molar-refractivity contribution in [1.82, 2.24) is 0 Å². The zero-order valence-corrected chi connectivity index (χ0v) is 11.7. The Hall–Kier alpha value is -0.315. The molecule has 0 aliphatic carbocycles. The molecule has 0 radical (unpaired) electrons. The summed E-state index contributed by atoms with van der Waals surface area (Å²) in [7, 11) is -0.214. The van der Waals surface area contributed by atoms with Crippen molar-refractivity contribution in [2.24, 2.45) is 0 Å². The van der Waals surface area contributed by atoms with Crippen molar-refractivity contribution in [1.29, 1.82) is 0 Å². The first-order valence-electron chi connectivity index (χ1n) is 6.43. The van der Waals surface area contributed by atoms with E-state index in [9.17, 15) is 0 Å². The fraction of sp³-hybridized carbons (Fsp3) is 0.846. The predicted octanol–water partition coefficient (Wildman–Crippen LogP) is 2.74. The zero-order chi connectivity index (χ0) is 12.8. The molecule has 2 heterocycles. The summed E-state index contributed by atoms with van der Waals surface area (Å²) in [6.45, 7) is 12.5. The largest absolute Gasteiger partial charge is 0.490 e. The Kier molecular flexibility index (Phi) is 3.17. The smallest absolute Gasteiger partial charge is 0.400 e. The van der Waals surface area contributed by atoms with Gasteiger partial charge in [0.05, 0.1) is 23.4 Å². The predicted molar refractivity (Wildman–Crippen MR) is 68.8 cm³/mol. The topological polar surface area (TPSA) is 27.7 Å². The highest BCUT2D eigenvalue weighted by molar-refractivity contribution is 6.54. The highest BCUT2D eigenvalue weighted by Crippen LogP contribution is 2.40. The molecule has 0 amide bonds. The minimum Gasteiger partial charge on any atom is -0.400 e. The van der Waals surface area contributed by atoms with Crippen LogP contribution >= 0.6 is 0 Å². The number of rotatable bonds is 1. The van der Waals surface area contributed by atoms with Gasteiger partial charge in [0.15, 0.2) is 0 Å². The Bertz CT molecular complexity index is 320. The lowest BCUT2D eigenvalue weighted by molar-refractivity contribution is 0.00578. The summed E-state index contributed by atoms with van der Waals surface area (Å²) in [6.07, 6.45) is 3.40. The van der Waals surface area contributed by atoms with Gasteiger partial charge in [0.25, 0.3) is 0 Å². The molecule has 1 saturated heterocycles. The second-order valence-electron chi connectivity index (χ2n) is 6.19. The molecule has 4 heteroatoms. The Morgan fingerprint density at radius 2 is 1.65 bits per heavy atom. The summed E-state index contributed by atoms with van der Waals surface area (Å²) >= 11 is 0. The zero-order valence-electron chi connectivity index (χ0n) is 11.7. The lowest BCUT2D eigenvalue weighted by atomic mass is 9.73. The van der Waals surface area contributed by atoms with Gasteiger partial charge in [-0.15, -0.1) is 0 Å². The number of hydrogen-bond donors (Lipinski definition) is 0. The molecule has 2 atom stereocenters. The first kappa shape index (κ1) is 13.1. The van der Waals surface area contributed by atoms with Crippen LogP contribution in [-0.4, -0.2) is 30.5 Å². The average molecular weight is 238 g/mol. The molecule has 0 aromatic rings. The van der Waals surface area contributed by atoms with Crippen LogP contribution in [0.2, 0.25) is 0 Å².